The first-order valence-electron chi connectivity index (χ1n) is 8.69. The molecule has 1 aliphatic rings. The second kappa shape index (κ2) is 9.22. The molecule has 6 nitrogen and oxygen atoms in total. The summed E-state index contributed by atoms with van der Waals surface area (Å²) in [5.41, 5.74) is 1.78. The van der Waals surface area contributed by atoms with Crippen molar-refractivity contribution in [2.24, 2.45) is 0 Å². The molecule has 0 radical (unpaired) electrons. The third-order valence-electron chi connectivity index (χ3n) is 4.04. The van der Waals surface area contributed by atoms with E-state index in [9.17, 15) is 4.79 Å². The molecule has 138 valence electrons. The number of ether oxygens (including phenoxy) is 3. The van der Waals surface area contributed by atoms with Crippen LogP contribution in [0.5, 0.6) is 5.75 Å². The fourth-order valence-corrected chi connectivity index (χ4v) is 2.65. The molecule has 6 heteroatoms. The Balaban J connectivity index is 1.51. The average molecular weight is 356 g/mol. The Morgan fingerprint density at radius 3 is 2.81 bits per heavy atom. The Hall–Kier alpha value is -2.57. The molecule has 1 aliphatic heterocycles. The lowest BCUT2D eigenvalue weighted by molar-refractivity contribution is -0.0925. The smallest absolute Gasteiger partial charge is 0.321 e. The molecule has 2 aromatic carbocycles. The van der Waals surface area contributed by atoms with Crippen molar-refractivity contribution in [3.8, 4) is 5.75 Å². The Kier molecular flexibility index (Phi) is 6.46. The molecule has 2 aromatic rings. The van der Waals surface area contributed by atoms with Crippen LogP contribution in [0.1, 0.15) is 5.56 Å². The predicted molar refractivity (Wildman–Crippen MR) is 99.4 cm³/mol. The van der Waals surface area contributed by atoms with Crippen LogP contribution in [0.25, 0.3) is 0 Å². The van der Waals surface area contributed by atoms with Crippen LogP contribution in [0.3, 0.4) is 0 Å². The number of rotatable bonds is 6. The molecular formula is C20H24N2O4. The lowest BCUT2D eigenvalue weighted by atomic mass is 10.2. The van der Waals surface area contributed by atoms with Crippen molar-refractivity contribution >= 4 is 11.7 Å². The number of nitrogens with one attached hydrogen (secondary N) is 1. The zero-order valence-corrected chi connectivity index (χ0v) is 14.9. The van der Waals surface area contributed by atoms with Crippen molar-refractivity contribution in [1.82, 2.24) is 4.90 Å². The van der Waals surface area contributed by atoms with Gasteiger partial charge in [0, 0.05) is 18.8 Å². The number of urea groups is 1. The molecule has 1 atom stereocenters. The summed E-state index contributed by atoms with van der Waals surface area (Å²) in [6, 6.07) is 17.1. The topological polar surface area (TPSA) is 60.0 Å². The highest BCUT2D eigenvalue weighted by Crippen LogP contribution is 2.19. The zero-order chi connectivity index (χ0) is 18.2. The van der Waals surface area contributed by atoms with Crippen molar-refractivity contribution in [3.05, 3.63) is 60.2 Å². The second-order valence-electron chi connectivity index (χ2n) is 6.18. The lowest BCUT2D eigenvalue weighted by Crippen LogP contribution is -2.42. The van der Waals surface area contributed by atoms with E-state index in [0.717, 1.165) is 5.56 Å². The van der Waals surface area contributed by atoms with E-state index in [1.807, 2.05) is 54.6 Å². The summed E-state index contributed by atoms with van der Waals surface area (Å²) in [6.07, 6.45) is -0.0833. The minimum Gasteiger partial charge on any atom is -0.489 e. The van der Waals surface area contributed by atoms with E-state index < -0.39 is 0 Å². The maximum Gasteiger partial charge on any atom is 0.321 e. The van der Waals surface area contributed by atoms with Gasteiger partial charge in [-0.05, 0) is 17.7 Å². The number of hydrogen-bond acceptors (Lipinski definition) is 4. The number of anilines is 1. The largest absolute Gasteiger partial charge is 0.489 e. The molecule has 1 fully saturated rings. The molecule has 0 saturated carbocycles. The van der Waals surface area contributed by atoms with Crippen LogP contribution in [0.15, 0.2) is 54.6 Å². The maximum atomic E-state index is 12.4. The molecule has 0 unspecified atom stereocenters. The van der Waals surface area contributed by atoms with Gasteiger partial charge in [-0.15, -0.1) is 0 Å². The van der Waals surface area contributed by atoms with Crippen LogP contribution in [-0.4, -0.2) is 50.4 Å². The van der Waals surface area contributed by atoms with Gasteiger partial charge in [0.05, 0.1) is 32.5 Å². The summed E-state index contributed by atoms with van der Waals surface area (Å²) in [5.74, 6) is 0.707. The van der Waals surface area contributed by atoms with Crippen molar-refractivity contribution in [1.29, 1.82) is 0 Å². The number of carbonyl (C=O) groups excluding carboxylic acids is 1. The monoisotopic (exact) mass is 356 g/mol. The number of nitrogens with zero attached hydrogens (tertiary/aromatic N) is 1. The molecule has 3 rings (SSSR count). The first-order valence-corrected chi connectivity index (χ1v) is 8.69. The van der Waals surface area contributed by atoms with E-state index >= 15 is 0 Å². The average Bonchev–Trinajstić information content (AvgIpc) is 2.68. The summed E-state index contributed by atoms with van der Waals surface area (Å²) in [4.78, 5) is 13.9. The van der Waals surface area contributed by atoms with Gasteiger partial charge in [-0.3, -0.25) is 0 Å². The second-order valence-corrected chi connectivity index (χ2v) is 6.18. The fourth-order valence-electron chi connectivity index (χ4n) is 2.65. The van der Waals surface area contributed by atoms with Crippen molar-refractivity contribution in [3.63, 3.8) is 0 Å². The van der Waals surface area contributed by atoms with Crippen LogP contribution in [0, 0.1) is 0 Å². The Labute approximate surface area is 153 Å². The summed E-state index contributed by atoms with van der Waals surface area (Å²) < 4.78 is 16.7. The lowest BCUT2D eigenvalue weighted by Gasteiger charge is -2.27. The quantitative estimate of drug-likeness (QED) is 0.864. The minimum atomic E-state index is -0.195. The van der Waals surface area contributed by atoms with Crippen LogP contribution in [0.4, 0.5) is 10.5 Å². The van der Waals surface area contributed by atoms with Gasteiger partial charge in [0.25, 0.3) is 0 Å². The summed E-state index contributed by atoms with van der Waals surface area (Å²) >= 11 is 0. The van der Waals surface area contributed by atoms with E-state index in [1.54, 1.807) is 11.9 Å². The van der Waals surface area contributed by atoms with E-state index in [4.69, 9.17) is 14.2 Å². The van der Waals surface area contributed by atoms with E-state index in [-0.39, 0.29) is 12.1 Å². The molecular weight excluding hydrogens is 332 g/mol. The number of likely N-dealkylation sites (N-methyl/N-ethyl adjacent to an activating group) is 1. The molecule has 1 N–H and O–H groups in total. The van der Waals surface area contributed by atoms with E-state index in [1.165, 1.54) is 0 Å². The Bertz CT molecular complexity index is 702. The normalized spacial score (nSPS) is 16.7. The number of benzene rings is 2. The number of carbonyl (C=O) groups is 1. The van der Waals surface area contributed by atoms with Gasteiger partial charge in [0.2, 0.25) is 0 Å². The van der Waals surface area contributed by atoms with Gasteiger partial charge in [0.15, 0.2) is 0 Å². The van der Waals surface area contributed by atoms with Gasteiger partial charge >= 0.3 is 6.03 Å². The molecule has 2 amide bonds. The zero-order valence-electron chi connectivity index (χ0n) is 14.9. The van der Waals surface area contributed by atoms with Crippen LogP contribution in [0.2, 0.25) is 0 Å². The van der Waals surface area contributed by atoms with Crippen molar-refractivity contribution < 1.29 is 19.0 Å². The van der Waals surface area contributed by atoms with Crippen LogP contribution < -0.4 is 10.1 Å². The molecule has 1 saturated heterocycles. The van der Waals surface area contributed by atoms with Gasteiger partial charge in [-0.2, -0.15) is 0 Å². The van der Waals surface area contributed by atoms with Gasteiger partial charge < -0.3 is 24.4 Å². The molecule has 0 bridgehead atoms. The maximum absolute atomic E-state index is 12.4. The third kappa shape index (κ3) is 5.47. The first kappa shape index (κ1) is 18.2. The number of amides is 2. The van der Waals surface area contributed by atoms with Gasteiger partial charge in [0.1, 0.15) is 12.4 Å². The minimum absolute atomic E-state index is 0.0833. The highest BCUT2D eigenvalue weighted by molar-refractivity contribution is 5.89. The molecule has 0 spiro atoms. The highest BCUT2D eigenvalue weighted by atomic mass is 16.6. The van der Waals surface area contributed by atoms with E-state index in [2.05, 4.69) is 5.32 Å². The standard InChI is InChI=1S/C20H24N2O4/c1-22(13-19-15-24-10-11-25-19)20(23)21-17-8-5-9-18(12-17)26-14-16-6-3-2-4-7-16/h2-9,12,19H,10-11,13-15H2,1H3,(H,21,23)/t19-/m0/s1. The van der Waals surface area contributed by atoms with Gasteiger partial charge in [-0.1, -0.05) is 36.4 Å². The van der Waals surface area contributed by atoms with E-state index in [0.29, 0.717) is 44.4 Å². The fraction of sp³-hybridized carbons (Fsp3) is 0.350. The Morgan fingerprint density at radius 1 is 1.19 bits per heavy atom. The van der Waals surface area contributed by atoms with Crippen LogP contribution in [-0.2, 0) is 16.1 Å². The summed E-state index contributed by atoms with van der Waals surface area (Å²) in [6.45, 7) is 2.66. The van der Waals surface area contributed by atoms with Crippen LogP contribution >= 0.6 is 0 Å². The van der Waals surface area contributed by atoms with Crippen molar-refractivity contribution in [2.75, 3.05) is 38.7 Å². The first-order chi connectivity index (χ1) is 12.7. The summed E-state index contributed by atoms with van der Waals surface area (Å²) in [5, 5.41) is 2.88. The molecule has 1 heterocycles. The molecule has 0 aliphatic carbocycles. The van der Waals surface area contributed by atoms with Gasteiger partial charge in [-0.25, -0.2) is 4.79 Å². The summed E-state index contributed by atoms with van der Waals surface area (Å²) in [7, 11) is 1.74. The Morgan fingerprint density at radius 2 is 2.04 bits per heavy atom. The number of hydrogen-bond donors (Lipinski definition) is 1. The SMILES string of the molecule is CN(C[C@H]1COCCO1)C(=O)Nc1cccc(OCc2ccccc2)c1. The molecule has 26 heavy (non-hydrogen) atoms. The predicted octanol–water partition coefficient (Wildman–Crippen LogP) is 3.14. The highest BCUT2D eigenvalue weighted by Gasteiger charge is 2.19. The van der Waals surface area contributed by atoms with Crippen molar-refractivity contribution in [2.45, 2.75) is 12.7 Å². The third-order valence-corrected chi connectivity index (χ3v) is 4.04. The molecule has 0 aromatic heterocycles.